The quantitative estimate of drug-likeness (QED) is 0.650. The third-order valence-electron chi connectivity index (χ3n) is 4.10. The lowest BCUT2D eigenvalue weighted by Gasteiger charge is -2.19. The fourth-order valence-electron chi connectivity index (χ4n) is 2.80. The Balaban J connectivity index is 2.13. The predicted molar refractivity (Wildman–Crippen MR) is 99.3 cm³/mol. The van der Waals surface area contributed by atoms with Crippen LogP contribution in [0.4, 0.5) is 8.78 Å². The molecule has 0 heterocycles. The van der Waals surface area contributed by atoms with Crippen LogP contribution in [0, 0.1) is 11.6 Å². The highest BCUT2D eigenvalue weighted by Gasteiger charge is 2.20. The van der Waals surface area contributed by atoms with Gasteiger partial charge in [0.1, 0.15) is 6.04 Å². The van der Waals surface area contributed by atoms with Crippen molar-refractivity contribution in [2.45, 2.75) is 19.1 Å². The van der Waals surface area contributed by atoms with Gasteiger partial charge in [0, 0.05) is 11.1 Å². The van der Waals surface area contributed by atoms with Gasteiger partial charge in [-0.05, 0) is 24.6 Å². The van der Waals surface area contributed by atoms with E-state index in [1.807, 2.05) is 60.7 Å². The molecule has 3 aromatic rings. The maximum absolute atomic E-state index is 13.7. The van der Waals surface area contributed by atoms with Crippen LogP contribution < -0.4 is 0 Å². The van der Waals surface area contributed by atoms with Crippen molar-refractivity contribution in [3.05, 3.63) is 107 Å². The van der Waals surface area contributed by atoms with Crippen molar-refractivity contribution >= 4 is 5.71 Å². The van der Waals surface area contributed by atoms with Crippen molar-refractivity contribution in [3.8, 4) is 0 Å². The Bertz CT molecular complexity index is 851. The summed E-state index contributed by atoms with van der Waals surface area (Å²) >= 11 is 0. The molecule has 2 unspecified atom stereocenters. The lowest BCUT2D eigenvalue weighted by Crippen LogP contribution is -2.16. The number of aliphatic imine (C=N–C) groups is 1. The maximum atomic E-state index is 13.7. The smallest absolute Gasteiger partial charge is 0.159 e. The molecule has 3 rings (SSSR count). The monoisotopic (exact) mass is 351 g/mol. The molecule has 0 radical (unpaired) electrons. The molecular formula is C22H19F2NO. The zero-order valence-electron chi connectivity index (χ0n) is 14.3. The van der Waals surface area contributed by atoms with Crippen molar-refractivity contribution in [1.29, 1.82) is 0 Å². The molecule has 0 bridgehead atoms. The van der Waals surface area contributed by atoms with Crippen LogP contribution in [-0.2, 0) is 0 Å². The van der Waals surface area contributed by atoms with Gasteiger partial charge in [0.15, 0.2) is 11.6 Å². The summed E-state index contributed by atoms with van der Waals surface area (Å²) in [6.45, 7) is 1.59. The van der Waals surface area contributed by atoms with Gasteiger partial charge in [0.25, 0.3) is 0 Å². The number of hydrogen-bond donors (Lipinski definition) is 1. The molecule has 2 atom stereocenters. The average molecular weight is 351 g/mol. The maximum Gasteiger partial charge on any atom is 0.159 e. The fourth-order valence-corrected chi connectivity index (χ4v) is 2.80. The van der Waals surface area contributed by atoms with Gasteiger partial charge >= 0.3 is 0 Å². The van der Waals surface area contributed by atoms with Gasteiger partial charge in [-0.2, -0.15) is 0 Å². The summed E-state index contributed by atoms with van der Waals surface area (Å²) in [4.78, 5) is 4.73. The second-order valence-corrected chi connectivity index (χ2v) is 6.07. The van der Waals surface area contributed by atoms with Crippen molar-refractivity contribution in [3.63, 3.8) is 0 Å². The molecule has 2 nitrogen and oxygen atoms in total. The van der Waals surface area contributed by atoms with Gasteiger partial charge < -0.3 is 5.11 Å². The molecule has 0 saturated heterocycles. The first-order valence-electron chi connectivity index (χ1n) is 8.38. The molecule has 0 amide bonds. The average Bonchev–Trinajstić information content (AvgIpc) is 2.66. The highest BCUT2D eigenvalue weighted by molar-refractivity contribution is 6.13. The normalized spacial score (nSPS) is 13.1. The largest absolute Gasteiger partial charge is 0.391 e. The Morgan fingerprint density at radius 1 is 0.808 bits per heavy atom. The molecular weight excluding hydrogens is 332 g/mol. The van der Waals surface area contributed by atoms with Crippen LogP contribution in [0.3, 0.4) is 0 Å². The van der Waals surface area contributed by atoms with Crippen LogP contribution in [0.2, 0.25) is 0 Å². The lowest BCUT2D eigenvalue weighted by molar-refractivity contribution is 0.165. The van der Waals surface area contributed by atoms with E-state index in [0.29, 0.717) is 11.3 Å². The molecule has 0 spiro atoms. The van der Waals surface area contributed by atoms with E-state index in [2.05, 4.69) is 0 Å². The van der Waals surface area contributed by atoms with Gasteiger partial charge in [0.05, 0.1) is 11.8 Å². The number of aliphatic hydroxyl groups is 1. The van der Waals surface area contributed by atoms with Crippen molar-refractivity contribution < 1.29 is 13.9 Å². The molecule has 4 heteroatoms. The minimum atomic E-state index is -0.954. The second kappa shape index (κ2) is 8.02. The van der Waals surface area contributed by atoms with E-state index in [0.717, 1.165) is 23.3 Å². The Morgan fingerprint density at radius 3 is 1.81 bits per heavy atom. The van der Waals surface area contributed by atoms with E-state index in [9.17, 15) is 13.9 Å². The number of hydrogen-bond acceptors (Lipinski definition) is 2. The van der Waals surface area contributed by atoms with Crippen LogP contribution in [0.15, 0.2) is 83.9 Å². The van der Waals surface area contributed by atoms with E-state index < -0.39 is 23.8 Å². The molecule has 3 aromatic carbocycles. The zero-order valence-corrected chi connectivity index (χ0v) is 14.3. The topological polar surface area (TPSA) is 32.6 Å². The van der Waals surface area contributed by atoms with Crippen LogP contribution in [-0.4, -0.2) is 16.9 Å². The molecule has 0 aliphatic carbocycles. The molecule has 0 saturated carbocycles. The summed E-state index contributed by atoms with van der Waals surface area (Å²) in [5, 5.41) is 10.2. The van der Waals surface area contributed by atoms with Gasteiger partial charge in [-0.25, -0.2) is 8.78 Å². The van der Waals surface area contributed by atoms with Crippen LogP contribution in [0.1, 0.15) is 29.7 Å². The first-order valence-corrected chi connectivity index (χ1v) is 8.38. The van der Waals surface area contributed by atoms with E-state index >= 15 is 0 Å². The number of rotatable bonds is 5. The minimum Gasteiger partial charge on any atom is -0.391 e. The van der Waals surface area contributed by atoms with E-state index in [1.54, 1.807) is 6.92 Å². The van der Waals surface area contributed by atoms with E-state index in [4.69, 9.17) is 4.99 Å². The Hall–Kier alpha value is -2.85. The molecule has 0 aliphatic rings. The molecule has 1 N–H and O–H groups in total. The summed E-state index contributed by atoms with van der Waals surface area (Å²) in [5.41, 5.74) is 2.86. The zero-order chi connectivity index (χ0) is 18.5. The molecule has 132 valence electrons. The summed E-state index contributed by atoms with van der Waals surface area (Å²) in [7, 11) is 0. The SMILES string of the molecule is CC(O)C(N=C(c1ccccc1)c1ccccc1)c1ccc(F)c(F)c1. The highest BCUT2D eigenvalue weighted by Crippen LogP contribution is 2.26. The first-order chi connectivity index (χ1) is 12.6. The van der Waals surface area contributed by atoms with E-state index in [1.165, 1.54) is 6.07 Å². The highest BCUT2D eigenvalue weighted by atomic mass is 19.2. The second-order valence-electron chi connectivity index (χ2n) is 6.07. The van der Waals surface area contributed by atoms with Gasteiger partial charge in [-0.1, -0.05) is 66.7 Å². The third-order valence-corrected chi connectivity index (χ3v) is 4.10. The summed E-state index contributed by atoms with van der Waals surface area (Å²) < 4.78 is 27.0. The van der Waals surface area contributed by atoms with Gasteiger partial charge in [-0.15, -0.1) is 0 Å². The van der Waals surface area contributed by atoms with Crippen molar-refractivity contribution in [2.75, 3.05) is 0 Å². The Labute approximate surface area is 151 Å². The number of benzene rings is 3. The summed E-state index contributed by atoms with van der Waals surface area (Å²) in [5.74, 6) is -1.88. The van der Waals surface area contributed by atoms with Gasteiger partial charge in [0.2, 0.25) is 0 Å². The minimum absolute atomic E-state index is 0.420. The van der Waals surface area contributed by atoms with Crippen LogP contribution >= 0.6 is 0 Å². The standard InChI is InChI=1S/C22H19F2NO/c1-15(26)21(18-12-13-19(23)20(24)14-18)25-22(16-8-4-2-5-9-16)17-10-6-3-7-11-17/h2-15,21,26H,1H3. The predicted octanol–water partition coefficient (Wildman–Crippen LogP) is 4.92. The number of nitrogens with zero attached hydrogens (tertiary/aromatic N) is 1. The lowest BCUT2D eigenvalue weighted by atomic mass is 9.99. The van der Waals surface area contributed by atoms with E-state index in [-0.39, 0.29) is 0 Å². The molecule has 0 fully saturated rings. The fraction of sp³-hybridized carbons (Fsp3) is 0.136. The van der Waals surface area contributed by atoms with Crippen LogP contribution in [0.25, 0.3) is 0 Å². The molecule has 0 aliphatic heterocycles. The van der Waals surface area contributed by atoms with Crippen molar-refractivity contribution in [2.24, 2.45) is 4.99 Å². The van der Waals surface area contributed by atoms with Crippen molar-refractivity contribution in [1.82, 2.24) is 0 Å². The van der Waals surface area contributed by atoms with Gasteiger partial charge in [-0.3, -0.25) is 4.99 Å². The summed E-state index contributed by atoms with van der Waals surface area (Å²) in [6, 6.07) is 22.0. The third kappa shape index (κ3) is 4.03. The first kappa shape index (κ1) is 18.0. The number of halogens is 2. The molecule has 26 heavy (non-hydrogen) atoms. The number of aliphatic hydroxyl groups excluding tert-OH is 1. The Morgan fingerprint density at radius 2 is 1.35 bits per heavy atom. The molecule has 0 aromatic heterocycles. The van der Waals surface area contributed by atoms with Crippen LogP contribution in [0.5, 0.6) is 0 Å². The summed E-state index contributed by atoms with van der Waals surface area (Å²) in [6.07, 6.45) is -0.873. The Kier molecular flexibility index (Phi) is 5.54.